The number of benzene rings is 1. The van der Waals surface area contributed by atoms with Gasteiger partial charge < -0.3 is 25.2 Å². The third-order valence-corrected chi connectivity index (χ3v) is 8.54. The number of pyridine rings is 1. The minimum absolute atomic E-state index is 0.000578. The van der Waals surface area contributed by atoms with Crippen LogP contribution in [0.4, 0.5) is 17.2 Å². The largest absolute Gasteiger partial charge is 0.479 e. The number of carboxylic acid groups (broad SMARTS) is 2. The number of aromatic nitrogens is 1. The molecule has 0 saturated carbocycles. The minimum atomic E-state index is -3.35. The first-order valence-corrected chi connectivity index (χ1v) is 15.0. The second-order valence-corrected chi connectivity index (χ2v) is 12.2. The Balaban J connectivity index is 1.41. The molecule has 1 fully saturated rings. The van der Waals surface area contributed by atoms with Crippen LogP contribution in [0.25, 0.3) is 10.4 Å². The molecule has 14 heteroatoms. The number of aliphatic carboxylic acids is 1. The van der Waals surface area contributed by atoms with Gasteiger partial charge in [-0.3, -0.25) is 4.72 Å². The molecule has 3 heterocycles. The van der Waals surface area contributed by atoms with Gasteiger partial charge in [0.05, 0.1) is 27.5 Å². The summed E-state index contributed by atoms with van der Waals surface area (Å²) in [5, 5.41) is 22.0. The second-order valence-electron chi connectivity index (χ2n) is 8.66. The normalized spacial score (nSPS) is 14.2. The van der Waals surface area contributed by atoms with Crippen LogP contribution in [0.3, 0.4) is 0 Å². The first-order valence-electron chi connectivity index (χ1n) is 11.5. The average molecular weight is 626 g/mol. The van der Waals surface area contributed by atoms with Crippen molar-refractivity contribution in [3.05, 3.63) is 51.9 Å². The van der Waals surface area contributed by atoms with Gasteiger partial charge in [-0.05, 0) is 58.6 Å². The lowest BCUT2D eigenvalue weighted by molar-refractivity contribution is -0.139. The van der Waals surface area contributed by atoms with Crippen molar-refractivity contribution < 1.29 is 33.0 Å². The highest BCUT2D eigenvalue weighted by molar-refractivity contribution is 9.10. The van der Waals surface area contributed by atoms with E-state index in [2.05, 4.69) is 35.9 Å². The summed E-state index contributed by atoms with van der Waals surface area (Å²) in [5.41, 5.74) is 2.06. The van der Waals surface area contributed by atoms with E-state index in [0.29, 0.717) is 15.0 Å². The molecular weight excluding hydrogens is 600 g/mol. The Morgan fingerprint density at radius 1 is 1.18 bits per heavy atom. The number of hydrogen-bond acceptors (Lipinski definition) is 9. The van der Waals surface area contributed by atoms with Gasteiger partial charge in [-0.25, -0.2) is 23.0 Å². The van der Waals surface area contributed by atoms with Crippen molar-refractivity contribution in [1.82, 2.24) is 4.98 Å². The molecule has 0 aliphatic carbocycles. The molecule has 1 aliphatic heterocycles. The van der Waals surface area contributed by atoms with E-state index >= 15 is 0 Å². The zero-order chi connectivity index (χ0) is 27.4. The number of piperidine rings is 1. The van der Waals surface area contributed by atoms with Crippen molar-refractivity contribution in [3.63, 3.8) is 0 Å². The van der Waals surface area contributed by atoms with Crippen molar-refractivity contribution in [2.45, 2.75) is 18.9 Å². The lowest BCUT2D eigenvalue weighted by atomic mass is 10.0. The van der Waals surface area contributed by atoms with Crippen LogP contribution in [0.2, 0.25) is 0 Å². The molecule has 4 rings (SSSR count). The second kappa shape index (κ2) is 11.6. The predicted molar refractivity (Wildman–Crippen MR) is 149 cm³/mol. The van der Waals surface area contributed by atoms with Crippen molar-refractivity contribution >= 4 is 66.4 Å². The Morgan fingerprint density at radius 3 is 2.53 bits per heavy atom. The summed E-state index contributed by atoms with van der Waals surface area (Å²) >= 11 is 4.40. The van der Waals surface area contributed by atoms with Gasteiger partial charge in [0.25, 0.3) is 0 Å². The Bertz CT molecular complexity index is 1440. The van der Waals surface area contributed by atoms with Crippen LogP contribution in [-0.4, -0.2) is 67.5 Å². The topological polar surface area (TPSA) is 158 Å². The first-order chi connectivity index (χ1) is 18.0. The van der Waals surface area contributed by atoms with Crippen LogP contribution in [0.5, 0.6) is 5.75 Å². The summed E-state index contributed by atoms with van der Waals surface area (Å²) in [6.07, 6.45) is 4.31. The number of carbonyl (C=O) groups is 2. The summed E-state index contributed by atoms with van der Waals surface area (Å²) in [5.74, 6) is -1.62. The number of nitrogens with one attached hydrogen (secondary N) is 2. The molecule has 202 valence electrons. The zero-order valence-electron chi connectivity index (χ0n) is 20.2. The zero-order valence-corrected chi connectivity index (χ0v) is 23.4. The third kappa shape index (κ3) is 6.94. The fourth-order valence-electron chi connectivity index (χ4n) is 4.07. The molecule has 0 amide bonds. The number of sulfonamides is 1. The fraction of sp³-hybridized carbons (Fsp3) is 0.292. The molecule has 38 heavy (non-hydrogen) atoms. The molecule has 0 spiro atoms. The van der Waals surface area contributed by atoms with Gasteiger partial charge in [-0.1, -0.05) is 12.1 Å². The van der Waals surface area contributed by atoms with Gasteiger partial charge in [0.1, 0.15) is 5.82 Å². The highest BCUT2D eigenvalue weighted by Crippen LogP contribution is 2.46. The fourth-order valence-corrected chi connectivity index (χ4v) is 6.51. The van der Waals surface area contributed by atoms with E-state index in [1.54, 1.807) is 12.1 Å². The van der Waals surface area contributed by atoms with Gasteiger partial charge >= 0.3 is 11.9 Å². The van der Waals surface area contributed by atoms with E-state index in [9.17, 15) is 23.1 Å². The molecule has 2 aromatic heterocycles. The number of thiophene rings is 1. The van der Waals surface area contributed by atoms with Gasteiger partial charge in [-0.15, -0.1) is 11.3 Å². The van der Waals surface area contributed by atoms with Crippen molar-refractivity contribution in [1.29, 1.82) is 0 Å². The maximum Gasteiger partial charge on any atom is 0.349 e. The Hall–Kier alpha value is -3.36. The molecule has 3 aromatic rings. The van der Waals surface area contributed by atoms with Crippen molar-refractivity contribution in [3.8, 4) is 16.2 Å². The van der Waals surface area contributed by atoms with Crippen LogP contribution < -0.4 is 19.7 Å². The van der Waals surface area contributed by atoms with Gasteiger partial charge in [0.2, 0.25) is 10.0 Å². The SMILES string of the molecule is CS(=O)(=O)Nc1ccc(N2CCC(Nc3cccc(-c4sc(C(=O)O)c(OCC(=O)O)c4Br)c3)CC2)nc1. The monoisotopic (exact) mass is 624 g/mol. The van der Waals surface area contributed by atoms with Crippen LogP contribution in [-0.2, 0) is 14.8 Å². The first kappa shape index (κ1) is 27.7. The van der Waals surface area contributed by atoms with Gasteiger partial charge in [0.15, 0.2) is 17.2 Å². The highest BCUT2D eigenvalue weighted by Gasteiger charge is 2.25. The highest BCUT2D eigenvalue weighted by atomic mass is 79.9. The van der Waals surface area contributed by atoms with E-state index < -0.39 is 28.6 Å². The van der Waals surface area contributed by atoms with E-state index in [-0.39, 0.29) is 16.7 Å². The number of ether oxygens (including phenoxy) is 1. The minimum Gasteiger partial charge on any atom is -0.479 e. The number of aromatic carboxylic acids is 1. The summed E-state index contributed by atoms with van der Waals surface area (Å²) in [6.45, 7) is 0.893. The maximum absolute atomic E-state index is 11.7. The summed E-state index contributed by atoms with van der Waals surface area (Å²) in [4.78, 5) is 29.7. The molecule has 0 radical (unpaired) electrons. The van der Waals surface area contributed by atoms with Crippen molar-refractivity contribution in [2.24, 2.45) is 0 Å². The molecular formula is C24H25BrN4O7S2. The molecule has 11 nitrogen and oxygen atoms in total. The lowest BCUT2D eigenvalue weighted by Crippen LogP contribution is -2.39. The number of carboxylic acids is 2. The third-order valence-electron chi connectivity index (χ3n) is 5.71. The Labute approximate surface area is 231 Å². The number of rotatable bonds is 10. The number of nitrogens with zero attached hydrogens (tertiary/aromatic N) is 2. The van der Waals surface area contributed by atoms with Gasteiger partial charge in [0, 0.05) is 24.8 Å². The quantitative estimate of drug-likeness (QED) is 0.258. The smallest absolute Gasteiger partial charge is 0.349 e. The number of halogens is 1. The standard InChI is InChI=1S/C24H25BrN4O7S2/c1-38(34,35)28-17-5-6-18(26-12-17)29-9-7-15(8-10-29)27-16-4-2-3-14(11-16)22-20(25)21(36-13-19(30)31)23(37-22)24(32)33/h2-6,11-12,15,27-28H,7-10,13H2,1H3,(H,30,31)(H,32,33). The van der Waals surface area contributed by atoms with Crippen LogP contribution >= 0.6 is 27.3 Å². The van der Waals surface area contributed by atoms with Crippen LogP contribution in [0.1, 0.15) is 22.5 Å². The maximum atomic E-state index is 11.7. The van der Waals surface area contributed by atoms with E-state index in [1.807, 2.05) is 24.3 Å². The molecule has 0 atom stereocenters. The Morgan fingerprint density at radius 2 is 1.92 bits per heavy atom. The molecule has 1 aromatic carbocycles. The van der Waals surface area contributed by atoms with E-state index in [0.717, 1.165) is 60.6 Å². The van der Waals surface area contributed by atoms with E-state index in [1.165, 1.54) is 6.20 Å². The van der Waals surface area contributed by atoms with Crippen LogP contribution in [0.15, 0.2) is 47.1 Å². The Kier molecular flexibility index (Phi) is 8.43. The molecule has 0 bridgehead atoms. The molecule has 0 unspecified atom stereocenters. The molecule has 1 aliphatic rings. The predicted octanol–water partition coefficient (Wildman–Crippen LogP) is 4.19. The molecule has 1 saturated heterocycles. The average Bonchev–Trinajstić information content (AvgIpc) is 3.19. The summed E-state index contributed by atoms with van der Waals surface area (Å²) in [6, 6.07) is 11.3. The summed E-state index contributed by atoms with van der Waals surface area (Å²) in [7, 11) is -3.35. The lowest BCUT2D eigenvalue weighted by Gasteiger charge is -2.33. The molecule has 4 N–H and O–H groups in total. The number of anilines is 3. The number of hydrogen-bond donors (Lipinski definition) is 4. The van der Waals surface area contributed by atoms with E-state index in [4.69, 9.17) is 9.84 Å². The van der Waals surface area contributed by atoms with Crippen molar-refractivity contribution in [2.75, 3.05) is 40.9 Å². The van der Waals surface area contributed by atoms with Gasteiger partial charge in [-0.2, -0.15) is 0 Å². The summed E-state index contributed by atoms with van der Waals surface area (Å²) < 4.78 is 30.8. The van der Waals surface area contributed by atoms with Crippen LogP contribution in [0, 0.1) is 0 Å².